The van der Waals surface area contributed by atoms with Gasteiger partial charge in [-0.25, -0.2) is 4.79 Å². The van der Waals surface area contributed by atoms with Crippen LogP contribution in [0, 0.1) is 11.3 Å². The Kier molecular flexibility index (Phi) is 3.93. The number of thiophene rings is 1. The fraction of sp³-hybridized carbons (Fsp3) is 0.500. The number of nitriles is 1. The first-order valence-corrected chi connectivity index (χ1v) is 6.73. The lowest BCUT2D eigenvalue weighted by Gasteiger charge is -2.30. The van der Waals surface area contributed by atoms with E-state index in [2.05, 4.69) is 4.74 Å². The van der Waals surface area contributed by atoms with E-state index in [-0.39, 0.29) is 10.6 Å². The molecule has 2 heterocycles. The minimum Gasteiger partial charge on any atom is -0.465 e. The van der Waals surface area contributed by atoms with Gasteiger partial charge in [-0.15, -0.1) is 11.3 Å². The van der Waals surface area contributed by atoms with Gasteiger partial charge < -0.3 is 20.5 Å². The summed E-state index contributed by atoms with van der Waals surface area (Å²) in [5.41, 5.74) is 6.28. The monoisotopic (exact) mass is 281 g/mol. The summed E-state index contributed by atoms with van der Waals surface area (Å²) in [6.45, 7) is 1.20. The molecule has 0 amide bonds. The van der Waals surface area contributed by atoms with Crippen LogP contribution in [0.1, 0.15) is 28.1 Å². The van der Waals surface area contributed by atoms with Crippen molar-refractivity contribution in [2.75, 3.05) is 30.8 Å². The summed E-state index contributed by atoms with van der Waals surface area (Å²) in [5.74, 6) is -0.539. The number of hydrogen-bond acceptors (Lipinski definition) is 7. The molecule has 6 nitrogen and oxygen atoms in total. The van der Waals surface area contributed by atoms with E-state index in [1.807, 2.05) is 11.0 Å². The SMILES string of the molecule is COC(=O)c1sc(N2CCCC(O)C2)c(C#N)c1N. The van der Waals surface area contributed by atoms with E-state index in [0.29, 0.717) is 17.1 Å². The van der Waals surface area contributed by atoms with Crippen molar-refractivity contribution in [3.05, 3.63) is 10.4 Å². The summed E-state index contributed by atoms with van der Waals surface area (Å²) in [4.78, 5) is 13.7. The van der Waals surface area contributed by atoms with Crippen LogP contribution < -0.4 is 10.6 Å². The molecule has 1 aromatic heterocycles. The zero-order chi connectivity index (χ0) is 14.0. The van der Waals surface area contributed by atoms with E-state index in [0.717, 1.165) is 30.7 Å². The predicted molar refractivity (Wildman–Crippen MR) is 72.2 cm³/mol. The van der Waals surface area contributed by atoms with Gasteiger partial charge in [-0.3, -0.25) is 0 Å². The molecule has 1 aromatic rings. The molecule has 1 aliphatic heterocycles. The number of methoxy groups -OCH3 is 1. The molecule has 0 aliphatic carbocycles. The third-order valence-corrected chi connectivity index (χ3v) is 4.34. The molecule has 0 saturated carbocycles. The number of piperidine rings is 1. The molecule has 1 saturated heterocycles. The lowest BCUT2D eigenvalue weighted by Crippen LogP contribution is -2.38. The van der Waals surface area contributed by atoms with Crippen LogP contribution in [-0.2, 0) is 4.74 Å². The Balaban J connectivity index is 2.40. The van der Waals surface area contributed by atoms with Gasteiger partial charge in [0.2, 0.25) is 0 Å². The van der Waals surface area contributed by atoms with Crippen molar-refractivity contribution in [1.29, 1.82) is 5.26 Å². The standard InChI is InChI=1S/C12H15N3O3S/c1-18-12(17)10-9(14)8(5-13)11(19-10)15-4-2-3-7(16)6-15/h7,16H,2-4,6,14H2,1H3. The first-order chi connectivity index (χ1) is 9.08. The van der Waals surface area contributed by atoms with Crippen molar-refractivity contribution in [2.24, 2.45) is 0 Å². The van der Waals surface area contributed by atoms with Gasteiger partial charge in [-0.2, -0.15) is 5.26 Å². The maximum atomic E-state index is 11.6. The van der Waals surface area contributed by atoms with E-state index in [4.69, 9.17) is 5.73 Å². The van der Waals surface area contributed by atoms with Crippen molar-refractivity contribution < 1.29 is 14.6 Å². The number of nitrogens with two attached hydrogens (primary N) is 1. The maximum Gasteiger partial charge on any atom is 0.350 e. The number of rotatable bonds is 2. The zero-order valence-electron chi connectivity index (χ0n) is 10.5. The number of carbonyl (C=O) groups excluding carboxylic acids is 1. The first kappa shape index (κ1) is 13.6. The number of carbonyl (C=O) groups is 1. The van der Waals surface area contributed by atoms with Crippen LogP contribution in [0.3, 0.4) is 0 Å². The normalized spacial score (nSPS) is 19.0. The lowest BCUT2D eigenvalue weighted by atomic mass is 10.1. The van der Waals surface area contributed by atoms with Crippen molar-refractivity contribution in [3.63, 3.8) is 0 Å². The number of nitrogens with zero attached hydrogens (tertiary/aromatic N) is 2. The van der Waals surface area contributed by atoms with Crippen LogP contribution in [0.25, 0.3) is 0 Å². The third kappa shape index (κ3) is 2.50. The molecule has 0 spiro atoms. The molecule has 0 bridgehead atoms. The number of aliphatic hydroxyl groups is 1. The second kappa shape index (κ2) is 5.47. The molecule has 1 fully saturated rings. The Bertz CT molecular complexity index is 535. The van der Waals surface area contributed by atoms with Crippen LogP contribution in [-0.4, -0.2) is 37.4 Å². The number of ether oxygens (including phenoxy) is 1. The average molecular weight is 281 g/mol. The Hall–Kier alpha value is -1.78. The Labute approximate surface area is 115 Å². The highest BCUT2D eigenvalue weighted by molar-refractivity contribution is 7.18. The van der Waals surface area contributed by atoms with E-state index < -0.39 is 12.1 Å². The molecule has 1 atom stereocenters. The molecule has 1 unspecified atom stereocenters. The maximum absolute atomic E-state index is 11.6. The lowest BCUT2D eigenvalue weighted by molar-refractivity contribution is 0.0607. The molecule has 0 aromatic carbocycles. The Morgan fingerprint density at radius 2 is 2.42 bits per heavy atom. The summed E-state index contributed by atoms with van der Waals surface area (Å²) in [5, 5.41) is 19.5. The summed E-state index contributed by atoms with van der Waals surface area (Å²) in [6.07, 6.45) is 1.19. The molecule has 3 N–H and O–H groups in total. The molecule has 102 valence electrons. The summed E-state index contributed by atoms with van der Waals surface area (Å²) in [6, 6.07) is 2.03. The average Bonchev–Trinajstić information content (AvgIpc) is 2.75. The number of esters is 1. The van der Waals surface area contributed by atoms with E-state index in [1.165, 1.54) is 7.11 Å². The molecular formula is C12H15N3O3S. The van der Waals surface area contributed by atoms with Crippen molar-refractivity contribution in [3.8, 4) is 6.07 Å². The summed E-state index contributed by atoms with van der Waals surface area (Å²) >= 11 is 1.14. The topological polar surface area (TPSA) is 99.6 Å². The largest absolute Gasteiger partial charge is 0.465 e. The van der Waals surface area contributed by atoms with Crippen molar-refractivity contribution in [2.45, 2.75) is 18.9 Å². The first-order valence-electron chi connectivity index (χ1n) is 5.92. The molecule has 1 aliphatic rings. The van der Waals surface area contributed by atoms with Gasteiger partial charge in [0.25, 0.3) is 0 Å². The Morgan fingerprint density at radius 1 is 1.68 bits per heavy atom. The van der Waals surface area contributed by atoms with Crippen LogP contribution in [0.2, 0.25) is 0 Å². The number of nitrogen functional groups attached to an aromatic ring is 1. The van der Waals surface area contributed by atoms with Gasteiger partial charge in [-0.1, -0.05) is 0 Å². The second-order valence-electron chi connectivity index (χ2n) is 4.37. The summed E-state index contributed by atoms with van der Waals surface area (Å²) in [7, 11) is 1.28. The number of hydrogen-bond donors (Lipinski definition) is 2. The minimum atomic E-state index is -0.539. The quantitative estimate of drug-likeness (QED) is 0.783. The fourth-order valence-electron chi connectivity index (χ4n) is 2.15. The van der Waals surface area contributed by atoms with Gasteiger partial charge in [0.15, 0.2) is 0 Å². The molecule has 19 heavy (non-hydrogen) atoms. The van der Waals surface area contributed by atoms with E-state index in [1.54, 1.807) is 0 Å². The van der Waals surface area contributed by atoms with Gasteiger partial charge >= 0.3 is 5.97 Å². The van der Waals surface area contributed by atoms with Crippen molar-refractivity contribution >= 4 is 28.0 Å². The molecule has 7 heteroatoms. The van der Waals surface area contributed by atoms with Gasteiger partial charge in [0, 0.05) is 13.1 Å². The summed E-state index contributed by atoms with van der Waals surface area (Å²) < 4.78 is 4.65. The van der Waals surface area contributed by atoms with E-state index in [9.17, 15) is 15.2 Å². The minimum absolute atomic E-state index is 0.161. The third-order valence-electron chi connectivity index (χ3n) is 3.09. The zero-order valence-corrected chi connectivity index (χ0v) is 11.4. The van der Waals surface area contributed by atoms with Crippen LogP contribution in [0.4, 0.5) is 10.7 Å². The van der Waals surface area contributed by atoms with E-state index >= 15 is 0 Å². The second-order valence-corrected chi connectivity index (χ2v) is 5.37. The number of anilines is 2. The van der Waals surface area contributed by atoms with Gasteiger partial charge in [0.1, 0.15) is 21.5 Å². The fourth-order valence-corrected chi connectivity index (χ4v) is 3.27. The van der Waals surface area contributed by atoms with Crippen molar-refractivity contribution in [1.82, 2.24) is 0 Å². The van der Waals surface area contributed by atoms with Gasteiger partial charge in [-0.05, 0) is 12.8 Å². The smallest absolute Gasteiger partial charge is 0.350 e. The highest BCUT2D eigenvalue weighted by atomic mass is 32.1. The molecular weight excluding hydrogens is 266 g/mol. The van der Waals surface area contributed by atoms with Crippen LogP contribution in [0.15, 0.2) is 0 Å². The van der Waals surface area contributed by atoms with Crippen LogP contribution >= 0.6 is 11.3 Å². The molecule has 0 radical (unpaired) electrons. The molecule has 2 rings (SSSR count). The predicted octanol–water partition coefficient (Wildman–Crippen LogP) is 0.950. The number of aliphatic hydroxyl groups excluding tert-OH is 1. The van der Waals surface area contributed by atoms with Crippen LogP contribution in [0.5, 0.6) is 0 Å². The van der Waals surface area contributed by atoms with Gasteiger partial charge in [0.05, 0.1) is 18.9 Å². The Morgan fingerprint density at radius 3 is 3.00 bits per heavy atom. The number of β-amino-alcohol motifs (C(OH)–C–C–N with tert-alkyl or cyclic N) is 1. The highest BCUT2D eigenvalue weighted by Gasteiger charge is 2.27. The highest BCUT2D eigenvalue weighted by Crippen LogP contribution is 2.39.